The lowest BCUT2D eigenvalue weighted by atomic mass is 9.94. The van der Waals surface area contributed by atoms with Crippen LogP contribution in [0.3, 0.4) is 0 Å². The van der Waals surface area contributed by atoms with Crippen LogP contribution in [0.1, 0.15) is 49.5 Å². The molecule has 2 nitrogen and oxygen atoms in total. The first-order valence-electron chi connectivity index (χ1n) is 7.62. The van der Waals surface area contributed by atoms with Crippen LogP contribution in [0, 0.1) is 5.92 Å². The van der Waals surface area contributed by atoms with Gasteiger partial charge in [0.25, 0.3) is 0 Å². The zero-order valence-electron chi connectivity index (χ0n) is 13.1. The van der Waals surface area contributed by atoms with Gasteiger partial charge >= 0.3 is 0 Å². The average Bonchev–Trinajstić information content (AvgIpc) is 2.53. The highest BCUT2D eigenvalue weighted by molar-refractivity contribution is 5.26. The number of rotatable bonds is 6. The zero-order valence-corrected chi connectivity index (χ0v) is 13.1. The summed E-state index contributed by atoms with van der Waals surface area (Å²) in [7, 11) is 0. The number of aliphatic hydroxyl groups excluding tert-OH is 1. The molecule has 2 unspecified atom stereocenters. The Morgan fingerprint density at radius 2 is 1.57 bits per heavy atom. The van der Waals surface area contributed by atoms with Crippen LogP contribution in [0.25, 0.3) is 0 Å². The first-order valence-corrected chi connectivity index (χ1v) is 7.62. The van der Waals surface area contributed by atoms with Crippen molar-refractivity contribution in [3.63, 3.8) is 0 Å². The molecule has 0 saturated carbocycles. The summed E-state index contributed by atoms with van der Waals surface area (Å²) in [6, 6.07) is 19.3. The molecule has 2 N–H and O–H groups in total. The van der Waals surface area contributed by atoms with Crippen LogP contribution in [0.5, 0.6) is 0 Å². The van der Waals surface area contributed by atoms with E-state index >= 15 is 0 Å². The van der Waals surface area contributed by atoms with Crippen molar-refractivity contribution < 1.29 is 5.11 Å². The zero-order chi connectivity index (χ0) is 15.2. The van der Waals surface area contributed by atoms with Gasteiger partial charge in [-0.1, -0.05) is 68.4 Å². The maximum Gasteiger partial charge on any atom is 0.0681 e. The van der Waals surface area contributed by atoms with Gasteiger partial charge in [0.15, 0.2) is 0 Å². The third-order valence-electron chi connectivity index (χ3n) is 3.89. The summed E-state index contributed by atoms with van der Waals surface area (Å²) >= 11 is 0. The second-order valence-corrected chi connectivity index (χ2v) is 5.92. The van der Waals surface area contributed by atoms with Crippen LogP contribution in [0.15, 0.2) is 54.6 Å². The number of benzene rings is 2. The van der Waals surface area contributed by atoms with Gasteiger partial charge in [-0.25, -0.2) is 0 Å². The molecule has 2 rings (SSSR count). The lowest BCUT2D eigenvalue weighted by Gasteiger charge is -2.27. The number of aliphatic hydroxyl groups is 1. The lowest BCUT2D eigenvalue weighted by molar-refractivity contribution is 0.281. The Kier molecular flexibility index (Phi) is 5.54. The summed E-state index contributed by atoms with van der Waals surface area (Å²) in [5.41, 5.74) is 3.49. The standard InChI is InChI=1S/C19H25NO/c1-14(2)19(17-9-5-4-6-10-17)20-15(3)18-11-7-8-16(12-18)13-21/h4-12,14-15,19-21H,13H2,1-3H3. The molecule has 0 aliphatic heterocycles. The molecule has 0 aliphatic carbocycles. The SMILES string of the molecule is CC(NC(c1ccccc1)C(C)C)c1cccc(CO)c1. The Morgan fingerprint density at radius 1 is 0.905 bits per heavy atom. The van der Waals surface area contributed by atoms with Crippen LogP contribution in [0.4, 0.5) is 0 Å². The fourth-order valence-electron chi connectivity index (χ4n) is 2.66. The van der Waals surface area contributed by atoms with Gasteiger partial charge in [-0.2, -0.15) is 0 Å². The highest BCUT2D eigenvalue weighted by Gasteiger charge is 2.18. The number of hydrogen-bond acceptors (Lipinski definition) is 2. The van der Waals surface area contributed by atoms with Crippen molar-refractivity contribution in [2.24, 2.45) is 5.92 Å². The molecule has 0 bridgehead atoms. The van der Waals surface area contributed by atoms with Gasteiger partial charge in [-0.15, -0.1) is 0 Å². The van der Waals surface area contributed by atoms with E-state index in [1.807, 2.05) is 12.1 Å². The second kappa shape index (κ2) is 7.39. The summed E-state index contributed by atoms with van der Waals surface area (Å²) in [4.78, 5) is 0. The average molecular weight is 283 g/mol. The fraction of sp³-hybridized carbons (Fsp3) is 0.368. The van der Waals surface area contributed by atoms with E-state index in [-0.39, 0.29) is 12.6 Å². The van der Waals surface area contributed by atoms with Crippen LogP contribution in [0.2, 0.25) is 0 Å². The molecule has 112 valence electrons. The summed E-state index contributed by atoms with van der Waals surface area (Å²) in [6.07, 6.45) is 0. The number of nitrogens with one attached hydrogen (secondary N) is 1. The van der Waals surface area contributed by atoms with Gasteiger partial charge < -0.3 is 10.4 Å². The van der Waals surface area contributed by atoms with Gasteiger partial charge in [0.05, 0.1) is 6.61 Å². The Labute approximate surface area is 127 Å². The topological polar surface area (TPSA) is 32.3 Å². The molecule has 2 aromatic carbocycles. The normalized spacial score (nSPS) is 14.1. The van der Waals surface area contributed by atoms with Crippen molar-refractivity contribution in [2.75, 3.05) is 0 Å². The number of hydrogen-bond donors (Lipinski definition) is 2. The van der Waals surface area contributed by atoms with Gasteiger partial charge in [0.2, 0.25) is 0 Å². The van der Waals surface area contributed by atoms with Crippen molar-refractivity contribution in [1.29, 1.82) is 0 Å². The van der Waals surface area contributed by atoms with Gasteiger partial charge in [-0.3, -0.25) is 0 Å². The fourth-order valence-corrected chi connectivity index (χ4v) is 2.66. The predicted molar refractivity (Wildman–Crippen MR) is 87.9 cm³/mol. The molecular formula is C19H25NO. The third-order valence-corrected chi connectivity index (χ3v) is 3.89. The first kappa shape index (κ1) is 15.7. The molecule has 0 fully saturated rings. The van der Waals surface area contributed by atoms with Crippen molar-refractivity contribution in [3.8, 4) is 0 Å². The maximum atomic E-state index is 9.27. The molecule has 0 amide bonds. The second-order valence-electron chi connectivity index (χ2n) is 5.92. The van der Waals surface area contributed by atoms with Gasteiger partial charge in [-0.05, 0) is 29.5 Å². The smallest absolute Gasteiger partial charge is 0.0681 e. The Morgan fingerprint density at radius 3 is 2.19 bits per heavy atom. The van der Waals surface area contributed by atoms with Crippen LogP contribution in [-0.2, 0) is 6.61 Å². The van der Waals surface area contributed by atoms with E-state index in [4.69, 9.17) is 0 Å². The Balaban J connectivity index is 2.16. The van der Waals surface area contributed by atoms with E-state index < -0.39 is 0 Å². The van der Waals surface area contributed by atoms with Crippen molar-refractivity contribution in [3.05, 3.63) is 71.3 Å². The molecule has 0 spiro atoms. The van der Waals surface area contributed by atoms with Crippen molar-refractivity contribution in [2.45, 2.75) is 39.5 Å². The molecule has 0 radical (unpaired) electrons. The summed E-state index contributed by atoms with van der Waals surface area (Å²) in [5.74, 6) is 0.510. The van der Waals surface area contributed by atoms with E-state index in [0.717, 1.165) is 5.56 Å². The largest absolute Gasteiger partial charge is 0.392 e. The maximum absolute atomic E-state index is 9.27. The van der Waals surface area contributed by atoms with E-state index in [9.17, 15) is 5.11 Å². The minimum Gasteiger partial charge on any atom is -0.392 e. The molecule has 0 aromatic heterocycles. The summed E-state index contributed by atoms with van der Waals surface area (Å²) in [5, 5.41) is 13.0. The van der Waals surface area contributed by atoms with Crippen molar-refractivity contribution >= 4 is 0 Å². The molecule has 2 aromatic rings. The highest BCUT2D eigenvalue weighted by atomic mass is 16.3. The third kappa shape index (κ3) is 4.16. The van der Waals surface area contributed by atoms with Crippen LogP contribution >= 0.6 is 0 Å². The van der Waals surface area contributed by atoms with Crippen LogP contribution in [-0.4, -0.2) is 5.11 Å². The van der Waals surface area contributed by atoms with Gasteiger partial charge in [0.1, 0.15) is 0 Å². The molecule has 21 heavy (non-hydrogen) atoms. The lowest BCUT2D eigenvalue weighted by Crippen LogP contribution is -2.28. The van der Waals surface area contributed by atoms with E-state index in [2.05, 4.69) is 68.6 Å². The Bertz CT molecular complexity index is 551. The molecule has 2 atom stereocenters. The van der Waals surface area contributed by atoms with E-state index in [1.54, 1.807) is 0 Å². The highest BCUT2D eigenvalue weighted by Crippen LogP contribution is 2.26. The van der Waals surface area contributed by atoms with E-state index in [0.29, 0.717) is 12.0 Å². The predicted octanol–water partition coefficient (Wildman–Crippen LogP) is 4.23. The minimum absolute atomic E-state index is 0.0901. The van der Waals surface area contributed by atoms with Gasteiger partial charge in [0, 0.05) is 12.1 Å². The molecule has 0 heterocycles. The van der Waals surface area contributed by atoms with E-state index in [1.165, 1.54) is 11.1 Å². The summed E-state index contributed by atoms with van der Waals surface area (Å²) in [6.45, 7) is 6.74. The Hall–Kier alpha value is -1.64. The van der Waals surface area contributed by atoms with Crippen molar-refractivity contribution in [1.82, 2.24) is 5.32 Å². The minimum atomic E-state index is 0.0901. The van der Waals surface area contributed by atoms with Crippen LogP contribution < -0.4 is 5.32 Å². The summed E-state index contributed by atoms with van der Waals surface area (Å²) < 4.78 is 0. The molecule has 2 heteroatoms. The first-order chi connectivity index (χ1) is 10.1. The quantitative estimate of drug-likeness (QED) is 0.831. The molecular weight excluding hydrogens is 258 g/mol. The molecule has 0 aliphatic rings. The molecule has 0 saturated heterocycles. The monoisotopic (exact) mass is 283 g/mol.